The van der Waals surface area contributed by atoms with Crippen LogP contribution in [0.4, 0.5) is 0 Å². The third kappa shape index (κ3) is 3.87. The van der Waals surface area contributed by atoms with Crippen LogP contribution in [0.1, 0.15) is 15.9 Å². The van der Waals surface area contributed by atoms with Gasteiger partial charge in [0.2, 0.25) is 0 Å². The molecule has 0 atom stereocenters. The summed E-state index contributed by atoms with van der Waals surface area (Å²) in [5, 5.41) is 0. The largest absolute Gasteiger partial charge is 0.426 e. The van der Waals surface area contributed by atoms with Crippen molar-refractivity contribution < 1.29 is 14.4 Å². The number of aryl methyl sites for hydroxylation is 1. The van der Waals surface area contributed by atoms with Gasteiger partial charge in [-0.25, -0.2) is 4.79 Å². The average Bonchev–Trinajstić information content (AvgIpc) is 3.39. The van der Waals surface area contributed by atoms with Gasteiger partial charge in [0.1, 0.15) is 16.1 Å². The second kappa shape index (κ2) is 8.30. The van der Waals surface area contributed by atoms with Gasteiger partial charge in [-0.15, -0.1) is 11.3 Å². The second-order valence-corrected chi connectivity index (χ2v) is 8.35. The molecule has 0 aliphatic heterocycles. The maximum Gasteiger partial charge on any atom is 0.357 e. The number of carbonyl (C=O) groups is 1. The highest BCUT2D eigenvalue weighted by molar-refractivity contribution is 7.21. The molecule has 0 fully saturated rings. The highest BCUT2D eigenvalue weighted by atomic mass is 32.1. The summed E-state index contributed by atoms with van der Waals surface area (Å²) in [6, 6.07) is 26.3. The molecule has 0 unspecified atom stereocenters. The van der Waals surface area contributed by atoms with Gasteiger partial charge in [0.15, 0.2) is 0 Å². The van der Waals surface area contributed by atoms with Gasteiger partial charge < -0.3 is 9.57 Å². The number of hydrogen-bond acceptors (Lipinski definition) is 6. The topological polar surface area (TPSA) is 90.2 Å². The summed E-state index contributed by atoms with van der Waals surface area (Å²) >= 11 is 1.61. The number of H-pyrrole nitrogens is 1. The lowest BCUT2D eigenvalue weighted by molar-refractivity contribution is 0.0502. The molecular weight excluding hydrogens is 422 g/mol. The Morgan fingerprint density at radius 3 is 2.38 bits per heavy atom. The van der Waals surface area contributed by atoms with Gasteiger partial charge >= 0.3 is 12.0 Å². The number of aromatic amines is 1. The van der Waals surface area contributed by atoms with Crippen LogP contribution in [-0.4, -0.2) is 15.9 Å². The number of imidazole rings is 1. The summed E-state index contributed by atoms with van der Waals surface area (Å²) in [5.74, 6) is 4.86. The molecule has 0 saturated carbocycles. The van der Waals surface area contributed by atoms with Crippen LogP contribution in [0.2, 0.25) is 0 Å². The van der Waals surface area contributed by atoms with Gasteiger partial charge in [-0.1, -0.05) is 60.7 Å². The van der Waals surface area contributed by atoms with Crippen LogP contribution >= 0.6 is 11.3 Å². The Bertz CT molecular complexity index is 1370. The molecule has 2 aromatic heterocycles. The van der Waals surface area contributed by atoms with Crippen LogP contribution in [0, 0.1) is 6.92 Å². The fourth-order valence-corrected chi connectivity index (χ4v) is 4.49. The third-order valence-electron chi connectivity index (χ3n) is 5.18. The van der Waals surface area contributed by atoms with Crippen LogP contribution in [-0.2, 0) is 4.84 Å². The number of carbonyl (C=O) groups excluding carboxylic acids is 1. The maximum absolute atomic E-state index is 11.8. The number of thiophene rings is 1. The maximum atomic E-state index is 11.8. The molecule has 158 valence electrons. The molecule has 0 spiro atoms. The lowest BCUT2D eigenvalue weighted by atomic mass is 10.0. The molecule has 7 heteroatoms. The van der Waals surface area contributed by atoms with Crippen molar-refractivity contribution in [3.05, 3.63) is 90.0 Å². The normalized spacial score (nSPS) is 10.9. The van der Waals surface area contributed by atoms with E-state index in [1.165, 1.54) is 11.1 Å². The molecule has 0 amide bonds. The van der Waals surface area contributed by atoms with E-state index >= 15 is 0 Å². The van der Waals surface area contributed by atoms with Gasteiger partial charge in [0.25, 0.3) is 0 Å². The quantitative estimate of drug-likeness (QED) is 0.322. The Hall–Kier alpha value is -3.94. The molecule has 6 nitrogen and oxygen atoms in total. The number of nitrogens with two attached hydrogens (primary N) is 1. The summed E-state index contributed by atoms with van der Waals surface area (Å²) in [6.07, 6.45) is 0. The summed E-state index contributed by atoms with van der Waals surface area (Å²) in [7, 11) is 0. The monoisotopic (exact) mass is 441 g/mol. The number of ether oxygens (including phenoxy) is 1. The lowest BCUT2D eigenvalue weighted by Crippen LogP contribution is -2.11. The van der Waals surface area contributed by atoms with Crippen molar-refractivity contribution >= 4 is 27.7 Å². The number of nitrogens with one attached hydrogen (secondary N) is 1. The molecule has 3 aromatic carbocycles. The van der Waals surface area contributed by atoms with Crippen LogP contribution < -0.4 is 10.6 Å². The number of benzene rings is 3. The first-order valence-corrected chi connectivity index (χ1v) is 10.8. The van der Waals surface area contributed by atoms with Crippen molar-refractivity contribution in [2.24, 2.45) is 5.90 Å². The van der Waals surface area contributed by atoms with Gasteiger partial charge in [0, 0.05) is 4.88 Å². The van der Waals surface area contributed by atoms with Crippen molar-refractivity contribution in [1.82, 2.24) is 9.97 Å². The van der Waals surface area contributed by atoms with Gasteiger partial charge in [-0.05, 0) is 47.4 Å². The molecule has 0 aliphatic rings. The van der Waals surface area contributed by atoms with Gasteiger partial charge in [-0.3, -0.25) is 4.98 Å². The molecule has 5 rings (SSSR count). The molecule has 5 aromatic rings. The summed E-state index contributed by atoms with van der Waals surface area (Å²) in [4.78, 5) is 25.9. The summed E-state index contributed by atoms with van der Waals surface area (Å²) < 4.78 is 5.81. The number of rotatable bonds is 5. The van der Waals surface area contributed by atoms with Crippen molar-refractivity contribution in [3.8, 4) is 33.3 Å². The van der Waals surface area contributed by atoms with Crippen LogP contribution in [0.15, 0.2) is 78.9 Å². The molecule has 3 N–H and O–H groups in total. The minimum atomic E-state index is -0.615. The SMILES string of the molecule is Cc1ccc(Oc2nc3cc(-c4ccc(-c5ccccc5)cc4)sc3[nH]2)cc1C(=O)ON. The van der Waals surface area contributed by atoms with Crippen LogP contribution in [0.25, 0.3) is 31.9 Å². The zero-order chi connectivity index (χ0) is 22.1. The number of hydrogen-bond donors (Lipinski definition) is 2. The zero-order valence-corrected chi connectivity index (χ0v) is 18.0. The Labute approximate surface area is 188 Å². The highest BCUT2D eigenvalue weighted by Crippen LogP contribution is 2.35. The van der Waals surface area contributed by atoms with Gasteiger partial charge in [-0.2, -0.15) is 10.9 Å². The smallest absolute Gasteiger partial charge is 0.357 e. The molecule has 2 heterocycles. The predicted octanol–water partition coefficient (Wildman–Crippen LogP) is 6.09. The molecule has 0 aliphatic carbocycles. The third-order valence-corrected chi connectivity index (χ3v) is 6.27. The van der Waals surface area contributed by atoms with Gasteiger partial charge in [0.05, 0.1) is 5.56 Å². The van der Waals surface area contributed by atoms with E-state index in [4.69, 9.17) is 10.6 Å². The fourth-order valence-electron chi connectivity index (χ4n) is 3.50. The van der Waals surface area contributed by atoms with E-state index in [2.05, 4.69) is 51.2 Å². The Morgan fingerprint density at radius 1 is 0.938 bits per heavy atom. The second-order valence-electron chi connectivity index (χ2n) is 7.29. The van der Waals surface area contributed by atoms with E-state index < -0.39 is 5.97 Å². The number of nitrogens with zero attached hydrogens (tertiary/aromatic N) is 1. The Balaban J connectivity index is 1.36. The zero-order valence-electron chi connectivity index (χ0n) is 17.2. The van der Waals surface area contributed by atoms with E-state index in [0.29, 0.717) is 17.3 Å². The molecule has 0 bridgehead atoms. The first kappa shape index (κ1) is 20.0. The molecule has 32 heavy (non-hydrogen) atoms. The first-order valence-electron chi connectivity index (χ1n) is 9.96. The van der Waals surface area contributed by atoms with E-state index in [0.717, 1.165) is 26.4 Å². The lowest BCUT2D eigenvalue weighted by Gasteiger charge is -2.06. The van der Waals surface area contributed by atoms with Crippen molar-refractivity contribution in [1.29, 1.82) is 0 Å². The van der Waals surface area contributed by atoms with Crippen molar-refractivity contribution in [2.75, 3.05) is 0 Å². The minimum absolute atomic E-state index is 0.347. The van der Waals surface area contributed by atoms with E-state index in [-0.39, 0.29) is 0 Å². The summed E-state index contributed by atoms with van der Waals surface area (Å²) in [6.45, 7) is 1.80. The predicted molar refractivity (Wildman–Crippen MR) is 126 cm³/mol. The molecule has 0 radical (unpaired) electrons. The Morgan fingerprint density at radius 2 is 1.66 bits per heavy atom. The van der Waals surface area contributed by atoms with Crippen molar-refractivity contribution in [2.45, 2.75) is 6.92 Å². The minimum Gasteiger partial charge on any atom is -0.426 e. The first-order chi connectivity index (χ1) is 15.6. The van der Waals surface area contributed by atoms with Crippen LogP contribution in [0.3, 0.4) is 0 Å². The average molecular weight is 442 g/mol. The number of fused-ring (bicyclic) bond motifs is 1. The van der Waals surface area contributed by atoms with Crippen molar-refractivity contribution in [3.63, 3.8) is 0 Å². The summed E-state index contributed by atoms with van der Waals surface area (Å²) in [5.41, 5.74) is 5.42. The van der Waals surface area contributed by atoms with E-state index in [1.807, 2.05) is 24.3 Å². The Kier molecular flexibility index (Phi) is 5.18. The van der Waals surface area contributed by atoms with E-state index in [1.54, 1.807) is 36.5 Å². The standard InChI is InChI=1S/C25H19N3O3S/c1-15-7-12-19(13-20(15)24(29)31-26)30-25-27-21-14-22(32-23(21)28-25)18-10-8-17(9-11-18)16-5-3-2-4-6-16/h2-14H,26H2,1H3,(H,27,28). The molecular formula is C25H19N3O3S. The molecule has 0 saturated heterocycles. The highest BCUT2D eigenvalue weighted by Gasteiger charge is 2.14. The number of aromatic nitrogens is 2. The van der Waals surface area contributed by atoms with Crippen LogP contribution in [0.5, 0.6) is 11.8 Å². The fraction of sp³-hybridized carbons (Fsp3) is 0.0400. The van der Waals surface area contributed by atoms with E-state index in [9.17, 15) is 4.79 Å².